The quantitative estimate of drug-likeness (QED) is 0.783. The molecule has 1 aliphatic heterocycles. The highest BCUT2D eigenvalue weighted by atomic mass is 16.2. The minimum atomic E-state index is -0.972. The highest BCUT2D eigenvalue weighted by molar-refractivity contribution is 6.28. The molecule has 0 saturated carbocycles. The zero-order valence-electron chi connectivity index (χ0n) is 16.0. The van der Waals surface area contributed by atoms with Crippen molar-refractivity contribution in [3.8, 4) is 0 Å². The predicted octanol–water partition coefficient (Wildman–Crippen LogP) is 3.18. The van der Waals surface area contributed by atoms with Gasteiger partial charge in [-0.1, -0.05) is 19.1 Å². The summed E-state index contributed by atoms with van der Waals surface area (Å²) in [5.41, 5.74) is 3.33. The molecule has 1 heterocycles. The van der Waals surface area contributed by atoms with E-state index in [0.717, 1.165) is 12.0 Å². The highest BCUT2D eigenvalue weighted by Gasteiger charge is 2.39. The van der Waals surface area contributed by atoms with Crippen molar-refractivity contribution in [2.45, 2.75) is 27.2 Å². The van der Waals surface area contributed by atoms with Crippen molar-refractivity contribution in [1.82, 2.24) is 0 Å². The molecule has 3 rings (SSSR count). The standard InChI is InChI=1S/C21H22N4O3/c1-4-15-6-5-7-17(12-15)23-20(27)19-13(2)24-25(21(19)28)18-10-8-16(9-11-18)22-14(3)26/h5-12,19H,4H2,1-3H3,(H,22,26)(H,23,27). The van der Waals surface area contributed by atoms with Crippen LogP contribution in [0.15, 0.2) is 53.6 Å². The Morgan fingerprint density at radius 3 is 2.43 bits per heavy atom. The number of benzene rings is 2. The molecule has 0 spiro atoms. The van der Waals surface area contributed by atoms with E-state index in [1.54, 1.807) is 37.3 Å². The molecule has 2 aromatic carbocycles. The van der Waals surface area contributed by atoms with Gasteiger partial charge in [0.2, 0.25) is 11.8 Å². The Morgan fingerprint density at radius 1 is 1.07 bits per heavy atom. The van der Waals surface area contributed by atoms with Crippen molar-refractivity contribution < 1.29 is 14.4 Å². The maximum Gasteiger partial charge on any atom is 0.265 e. The van der Waals surface area contributed by atoms with E-state index >= 15 is 0 Å². The molecule has 0 aromatic heterocycles. The lowest BCUT2D eigenvalue weighted by Gasteiger charge is -2.15. The Morgan fingerprint density at radius 2 is 1.79 bits per heavy atom. The molecule has 7 nitrogen and oxygen atoms in total. The summed E-state index contributed by atoms with van der Waals surface area (Å²) in [5, 5.41) is 11.0. The van der Waals surface area contributed by atoms with E-state index in [2.05, 4.69) is 15.7 Å². The molecule has 2 N–H and O–H groups in total. The van der Waals surface area contributed by atoms with Crippen molar-refractivity contribution in [2.24, 2.45) is 11.0 Å². The number of nitrogens with zero attached hydrogens (tertiary/aromatic N) is 2. The SMILES string of the molecule is CCc1cccc(NC(=O)C2C(=O)N(c3ccc(NC(C)=O)cc3)N=C2C)c1. The Balaban J connectivity index is 1.74. The normalized spacial score (nSPS) is 16.0. The first-order chi connectivity index (χ1) is 13.4. The van der Waals surface area contributed by atoms with E-state index in [4.69, 9.17) is 0 Å². The second kappa shape index (κ2) is 8.04. The molecule has 1 unspecified atom stereocenters. The number of nitrogens with one attached hydrogen (secondary N) is 2. The highest BCUT2D eigenvalue weighted by Crippen LogP contribution is 2.26. The maximum atomic E-state index is 12.8. The first-order valence-corrected chi connectivity index (χ1v) is 9.05. The fourth-order valence-corrected chi connectivity index (χ4v) is 3.03. The van der Waals surface area contributed by atoms with Crippen LogP contribution in [-0.2, 0) is 20.8 Å². The number of rotatable bonds is 5. The monoisotopic (exact) mass is 378 g/mol. The van der Waals surface area contributed by atoms with Gasteiger partial charge in [-0.2, -0.15) is 10.1 Å². The van der Waals surface area contributed by atoms with Gasteiger partial charge < -0.3 is 10.6 Å². The molecule has 1 atom stereocenters. The van der Waals surface area contributed by atoms with Crippen LogP contribution in [0.25, 0.3) is 0 Å². The topological polar surface area (TPSA) is 90.9 Å². The zero-order valence-corrected chi connectivity index (χ0v) is 16.0. The lowest BCUT2D eigenvalue weighted by atomic mass is 10.0. The Bertz CT molecular complexity index is 950. The third kappa shape index (κ3) is 4.09. The summed E-state index contributed by atoms with van der Waals surface area (Å²) in [7, 11) is 0. The Labute approximate surface area is 163 Å². The first kappa shape index (κ1) is 19.3. The van der Waals surface area contributed by atoms with E-state index in [9.17, 15) is 14.4 Å². The summed E-state index contributed by atoms with van der Waals surface area (Å²) in [6.45, 7) is 5.12. The van der Waals surface area contributed by atoms with Gasteiger partial charge in [-0.3, -0.25) is 14.4 Å². The number of amides is 3. The van der Waals surface area contributed by atoms with Crippen molar-refractivity contribution in [3.05, 3.63) is 54.1 Å². The molecule has 28 heavy (non-hydrogen) atoms. The average molecular weight is 378 g/mol. The molecule has 0 aliphatic carbocycles. The van der Waals surface area contributed by atoms with Gasteiger partial charge in [-0.25, -0.2) is 0 Å². The average Bonchev–Trinajstić information content (AvgIpc) is 2.96. The summed E-state index contributed by atoms with van der Waals surface area (Å²) in [6, 6.07) is 14.2. The molecular formula is C21H22N4O3. The minimum absolute atomic E-state index is 0.178. The van der Waals surface area contributed by atoms with Gasteiger partial charge >= 0.3 is 0 Å². The van der Waals surface area contributed by atoms with E-state index < -0.39 is 17.7 Å². The first-order valence-electron chi connectivity index (χ1n) is 9.05. The molecule has 0 radical (unpaired) electrons. The lowest BCUT2D eigenvalue weighted by molar-refractivity contribution is -0.127. The van der Waals surface area contributed by atoms with E-state index in [1.807, 2.05) is 25.1 Å². The number of aryl methyl sites for hydroxylation is 1. The molecule has 3 amide bonds. The van der Waals surface area contributed by atoms with Gasteiger partial charge in [0.15, 0.2) is 5.92 Å². The van der Waals surface area contributed by atoms with Crippen molar-refractivity contribution in [3.63, 3.8) is 0 Å². The largest absolute Gasteiger partial charge is 0.326 e. The van der Waals surface area contributed by atoms with E-state index in [-0.39, 0.29) is 5.91 Å². The fraction of sp³-hybridized carbons (Fsp3) is 0.238. The van der Waals surface area contributed by atoms with Crippen LogP contribution in [-0.4, -0.2) is 23.4 Å². The van der Waals surface area contributed by atoms with Crippen molar-refractivity contribution >= 4 is 40.5 Å². The van der Waals surface area contributed by atoms with Crippen molar-refractivity contribution in [2.75, 3.05) is 15.6 Å². The van der Waals surface area contributed by atoms with Gasteiger partial charge in [0.25, 0.3) is 5.91 Å². The molecule has 0 bridgehead atoms. The van der Waals surface area contributed by atoms with E-state index in [0.29, 0.717) is 22.8 Å². The maximum absolute atomic E-state index is 12.8. The number of carbonyl (C=O) groups is 3. The summed E-state index contributed by atoms with van der Waals surface area (Å²) in [5.74, 6) is -1.96. The van der Waals surface area contributed by atoms with Crippen LogP contribution in [0.2, 0.25) is 0 Å². The third-order valence-corrected chi connectivity index (χ3v) is 4.43. The van der Waals surface area contributed by atoms with Gasteiger partial charge in [-0.05, 0) is 55.3 Å². The van der Waals surface area contributed by atoms with Gasteiger partial charge in [0, 0.05) is 18.3 Å². The predicted molar refractivity (Wildman–Crippen MR) is 109 cm³/mol. The number of hydrogen-bond acceptors (Lipinski definition) is 4. The van der Waals surface area contributed by atoms with Crippen molar-refractivity contribution in [1.29, 1.82) is 0 Å². The van der Waals surface area contributed by atoms with Gasteiger partial charge in [0.05, 0.1) is 11.4 Å². The third-order valence-electron chi connectivity index (χ3n) is 4.43. The van der Waals surface area contributed by atoms with Crippen LogP contribution < -0.4 is 15.6 Å². The van der Waals surface area contributed by atoms with Gasteiger partial charge in [-0.15, -0.1) is 0 Å². The van der Waals surface area contributed by atoms with Crippen LogP contribution in [0, 0.1) is 5.92 Å². The molecular weight excluding hydrogens is 356 g/mol. The number of carbonyl (C=O) groups excluding carboxylic acids is 3. The van der Waals surface area contributed by atoms with Crippen LogP contribution in [0.3, 0.4) is 0 Å². The summed E-state index contributed by atoms with van der Waals surface area (Å²) in [4.78, 5) is 36.6. The molecule has 0 saturated heterocycles. The molecule has 2 aromatic rings. The van der Waals surface area contributed by atoms with Crippen LogP contribution in [0.1, 0.15) is 26.3 Å². The summed E-state index contributed by atoms with van der Waals surface area (Å²) >= 11 is 0. The smallest absolute Gasteiger partial charge is 0.265 e. The van der Waals surface area contributed by atoms with Crippen LogP contribution >= 0.6 is 0 Å². The molecule has 144 valence electrons. The number of hydrogen-bond donors (Lipinski definition) is 2. The Hall–Kier alpha value is -3.48. The van der Waals surface area contributed by atoms with Crippen LogP contribution in [0.5, 0.6) is 0 Å². The Kier molecular flexibility index (Phi) is 5.54. The van der Waals surface area contributed by atoms with Crippen LogP contribution in [0.4, 0.5) is 17.1 Å². The number of anilines is 3. The second-order valence-electron chi connectivity index (χ2n) is 6.60. The number of hydrazone groups is 1. The lowest BCUT2D eigenvalue weighted by Crippen LogP contribution is -2.36. The molecule has 0 fully saturated rings. The fourth-order valence-electron chi connectivity index (χ4n) is 3.03. The molecule has 7 heteroatoms. The second-order valence-corrected chi connectivity index (χ2v) is 6.60. The molecule has 1 aliphatic rings. The summed E-state index contributed by atoms with van der Waals surface area (Å²) < 4.78 is 0. The minimum Gasteiger partial charge on any atom is -0.326 e. The van der Waals surface area contributed by atoms with Gasteiger partial charge in [0.1, 0.15) is 0 Å². The van der Waals surface area contributed by atoms with E-state index in [1.165, 1.54) is 11.9 Å². The zero-order chi connectivity index (χ0) is 20.3. The summed E-state index contributed by atoms with van der Waals surface area (Å²) in [6.07, 6.45) is 0.856.